The lowest BCUT2D eigenvalue weighted by atomic mass is 10.1. The summed E-state index contributed by atoms with van der Waals surface area (Å²) in [4.78, 5) is 0. The highest BCUT2D eigenvalue weighted by Gasteiger charge is 2.00. The van der Waals surface area contributed by atoms with Gasteiger partial charge in [0.05, 0.1) is 13.2 Å². The normalized spacial score (nSPS) is 11.1. The lowest BCUT2D eigenvalue weighted by molar-refractivity contribution is 0.289. The van der Waals surface area contributed by atoms with Crippen LogP contribution in [0.15, 0.2) is 24.3 Å². The summed E-state index contributed by atoms with van der Waals surface area (Å²) >= 11 is 7.01. The molecule has 0 saturated heterocycles. The molecule has 0 radical (unpaired) electrons. The smallest absolute Gasteiger partial charge is 0.122 e. The fourth-order valence-corrected chi connectivity index (χ4v) is 5.05. The van der Waals surface area contributed by atoms with Gasteiger partial charge in [-0.05, 0) is 37.8 Å². The van der Waals surface area contributed by atoms with E-state index in [0.29, 0.717) is 0 Å². The zero-order chi connectivity index (χ0) is 24.4. The SMILES string of the molecule is BrCCCCCCCCCCCCOc1cccc(OCCCCCCCCCCCCBr)c1. The maximum Gasteiger partial charge on any atom is 0.122 e. The molecule has 0 fully saturated rings. The van der Waals surface area contributed by atoms with Crippen molar-refractivity contribution in [1.29, 1.82) is 0 Å². The molecular formula is C30H52Br2O2. The van der Waals surface area contributed by atoms with E-state index in [1.807, 2.05) is 24.3 Å². The van der Waals surface area contributed by atoms with Crippen LogP contribution in [0.25, 0.3) is 0 Å². The van der Waals surface area contributed by atoms with E-state index < -0.39 is 0 Å². The standard InChI is InChI=1S/C30H52Br2O2/c31-24-17-13-9-5-1-3-7-11-15-19-26-33-29-22-21-23-30(28-29)34-27-20-16-12-8-4-2-6-10-14-18-25-32/h21-23,28H,1-20,24-27H2. The monoisotopic (exact) mass is 602 g/mol. The van der Waals surface area contributed by atoms with Gasteiger partial charge < -0.3 is 9.47 Å². The molecule has 0 aliphatic carbocycles. The fraction of sp³-hybridized carbons (Fsp3) is 0.800. The minimum atomic E-state index is 0.812. The largest absolute Gasteiger partial charge is 0.493 e. The van der Waals surface area contributed by atoms with E-state index in [-0.39, 0.29) is 0 Å². The number of halogens is 2. The van der Waals surface area contributed by atoms with Gasteiger partial charge in [0, 0.05) is 16.7 Å². The lowest BCUT2D eigenvalue weighted by Gasteiger charge is -2.10. The van der Waals surface area contributed by atoms with E-state index >= 15 is 0 Å². The molecule has 1 rings (SSSR count). The number of benzene rings is 1. The number of unbranched alkanes of at least 4 members (excludes halogenated alkanes) is 18. The minimum Gasteiger partial charge on any atom is -0.493 e. The quantitative estimate of drug-likeness (QED) is 0.0774. The first-order valence-corrected chi connectivity index (χ1v) is 16.6. The Kier molecular flexibility index (Phi) is 24.2. The lowest BCUT2D eigenvalue weighted by Crippen LogP contribution is -2.00. The van der Waals surface area contributed by atoms with Crippen molar-refractivity contribution in [3.8, 4) is 11.5 Å². The van der Waals surface area contributed by atoms with Gasteiger partial charge in [-0.2, -0.15) is 0 Å². The Morgan fingerprint density at radius 1 is 0.412 bits per heavy atom. The zero-order valence-corrected chi connectivity index (χ0v) is 25.0. The Balaban J connectivity index is 1.91. The molecule has 0 saturated carbocycles. The van der Waals surface area contributed by atoms with Crippen LogP contribution < -0.4 is 9.47 Å². The predicted molar refractivity (Wildman–Crippen MR) is 157 cm³/mol. The topological polar surface area (TPSA) is 18.5 Å². The van der Waals surface area contributed by atoms with Gasteiger partial charge in [-0.15, -0.1) is 0 Å². The number of rotatable bonds is 26. The maximum atomic E-state index is 5.96. The van der Waals surface area contributed by atoms with E-state index in [0.717, 1.165) is 48.2 Å². The highest BCUT2D eigenvalue weighted by atomic mass is 79.9. The van der Waals surface area contributed by atoms with Gasteiger partial charge in [-0.3, -0.25) is 0 Å². The van der Waals surface area contributed by atoms with Gasteiger partial charge in [0.1, 0.15) is 11.5 Å². The molecule has 0 aromatic heterocycles. The molecule has 1 aromatic carbocycles. The third-order valence-electron chi connectivity index (χ3n) is 6.40. The van der Waals surface area contributed by atoms with Crippen LogP contribution in [0.2, 0.25) is 0 Å². The molecule has 0 bridgehead atoms. The highest BCUT2D eigenvalue weighted by molar-refractivity contribution is 9.09. The summed E-state index contributed by atoms with van der Waals surface area (Å²) in [6, 6.07) is 8.18. The second kappa shape index (κ2) is 25.9. The van der Waals surface area contributed by atoms with Crippen molar-refractivity contribution in [3.05, 3.63) is 24.3 Å². The number of alkyl halides is 2. The van der Waals surface area contributed by atoms with Crippen molar-refractivity contribution in [2.24, 2.45) is 0 Å². The summed E-state index contributed by atoms with van der Waals surface area (Å²) in [5.41, 5.74) is 0. The van der Waals surface area contributed by atoms with Crippen LogP contribution in [0.4, 0.5) is 0 Å². The zero-order valence-electron chi connectivity index (χ0n) is 21.9. The fourth-order valence-electron chi connectivity index (χ4n) is 4.26. The molecule has 0 heterocycles. The molecule has 0 unspecified atom stereocenters. The Bertz CT molecular complexity index is 495. The van der Waals surface area contributed by atoms with Crippen LogP contribution in [0, 0.1) is 0 Å². The Morgan fingerprint density at radius 2 is 0.706 bits per heavy atom. The molecule has 0 amide bonds. The summed E-state index contributed by atoms with van der Waals surface area (Å²) in [7, 11) is 0. The second-order valence-electron chi connectivity index (χ2n) is 9.62. The van der Waals surface area contributed by atoms with Gasteiger partial charge in [0.25, 0.3) is 0 Å². The molecule has 34 heavy (non-hydrogen) atoms. The summed E-state index contributed by atoms with van der Waals surface area (Å²) in [5.74, 6) is 1.88. The molecule has 0 spiro atoms. The van der Waals surface area contributed by atoms with Crippen molar-refractivity contribution in [1.82, 2.24) is 0 Å². The van der Waals surface area contributed by atoms with Crippen LogP contribution in [0.1, 0.15) is 128 Å². The van der Waals surface area contributed by atoms with Crippen LogP contribution in [0.5, 0.6) is 11.5 Å². The van der Waals surface area contributed by atoms with Crippen molar-refractivity contribution in [3.63, 3.8) is 0 Å². The minimum absolute atomic E-state index is 0.812. The predicted octanol–water partition coefficient (Wildman–Crippen LogP) is 11.0. The number of hydrogen-bond donors (Lipinski definition) is 0. The van der Waals surface area contributed by atoms with Crippen molar-refractivity contribution in [2.45, 2.75) is 128 Å². The first kappa shape index (κ1) is 31.8. The first-order valence-electron chi connectivity index (χ1n) is 14.3. The number of hydrogen-bond acceptors (Lipinski definition) is 2. The maximum absolute atomic E-state index is 5.96. The van der Waals surface area contributed by atoms with E-state index in [9.17, 15) is 0 Å². The molecule has 0 aliphatic rings. The summed E-state index contributed by atoms with van der Waals surface area (Å²) in [6.07, 6.45) is 26.9. The molecule has 0 atom stereocenters. The Hall–Kier alpha value is -0.220. The third-order valence-corrected chi connectivity index (χ3v) is 7.52. The molecule has 2 nitrogen and oxygen atoms in total. The van der Waals surface area contributed by atoms with Crippen molar-refractivity contribution >= 4 is 31.9 Å². The molecule has 0 N–H and O–H groups in total. The molecule has 198 valence electrons. The van der Waals surface area contributed by atoms with Gasteiger partial charge in [-0.1, -0.05) is 141 Å². The van der Waals surface area contributed by atoms with Gasteiger partial charge in [-0.25, -0.2) is 0 Å². The third kappa shape index (κ3) is 21.1. The van der Waals surface area contributed by atoms with Crippen molar-refractivity contribution < 1.29 is 9.47 Å². The van der Waals surface area contributed by atoms with Gasteiger partial charge in [0.2, 0.25) is 0 Å². The molecular weight excluding hydrogens is 552 g/mol. The highest BCUT2D eigenvalue weighted by Crippen LogP contribution is 2.20. The molecule has 4 heteroatoms. The Morgan fingerprint density at radius 3 is 1.03 bits per heavy atom. The van der Waals surface area contributed by atoms with E-state index in [1.165, 1.54) is 116 Å². The average Bonchev–Trinajstić information content (AvgIpc) is 2.85. The molecule has 1 aromatic rings. The van der Waals surface area contributed by atoms with Gasteiger partial charge in [0.15, 0.2) is 0 Å². The summed E-state index contributed by atoms with van der Waals surface area (Å²) in [6.45, 7) is 1.62. The Labute approximate surface area is 228 Å². The van der Waals surface area contributed by atoms with Crippen molar-refractivity contribution in [2.75, 3.05) is 23.9 Å². The average molecular weight is 605 g/mol. The van der Waals surface area contributed by atoms with Crippen LogP contribution in [-0.2, 0) is 0 Å². The van der Waals surface area contributed by atoms with Crippen LogP contribution >= 0.6 is 31.9 Å². The second-order valence-corrected chi connectivity index (χ2v) is 11.2. The van der Waals surface area contributed by atoms with E-state index in [1.54, 1.807) is 0 Å². The van der Waals surface area contributed by atoms with Crippen LogP contribution in [0.3, 0.4) is 0 Å². The summed E-state index contributed by atoms with van der Waals surface area (Å²) < 4.78 is 11.9. The molecule has 0 aliphatic heterocycles. The number of ether oxygens (including phenoxy) is 2. The van der Waals surface area contributed by atoms with E-state index in [2.05, 4.69) is 31.9 Å². The summed E-state index contributed by atoms with van der Waals surface area (Å²) in [5, 5.41) is 2.32. The van der Waals surface area contributed by atoms with Crippen LogP contribution in [-0.4, -0.2) is 23.9 Å². The van der Waals surface area contributed by atoms with Gasteiger partial charge >= 0.3 is 0 Å². The van der Waals surface area contributed by atoms with E-state index in [4.69, 9.17) is 9.47 Å². The first-order chi connectivity index (χ1) is 16.9.